The first-order chi connectivity index (χ1) is 12.0. The molecule has 5 nitrogen and oxygen atoms in total. The van der Waals surface area contributed by atoms with Crippen molar-refractivity contribution in [1.82, 2.24) is 0 Å². The third-order valence-corrected chi connectivity index (χ3v) is 4.76. The number of aryl methyl sites for hydroxylation is 1. The molecule has 1 N–H and O–H groups in total. The van der Waals surface area contributed by atoms with Crippen molar-refractivity contribution < 1.29 is 24.1 Å². The lowest BCUT2D eigenvalue weighted by molar-refractivity contribution is 0.0305. The molecule has 0 amide bonds. The lowest BCUT2D eigenvalue weighted by Crippen LogP contribution is -2.18. The van der Waals surface area contributed by atoms with E-state index in [1.54, 1.807) is 20.3 Å². The minimum absolute atomic E-state index is 0.192. The van der Waals surface area contributed by atoms with E-state index in [0.717, 1.165) is 56.9 Å². The number of ether oxygens (including phenoxy) is 3. The van der Waals surface area contributed by atoms with E-state index < -0.39 is 0 Å². The largest absolute Gasteiger partial charge is 0.497 e. The van der Waals surface area contributed by atoms with Crippen LogP contribution in [-0.2, 0) is 11.2 Å². The first-order valence-corrected chi connectivity index (χ1v) is 9.19. The molecule has 5 heteroatoms. The second-order valence-electron chi connectivity index (χ2n) is 6.76. The molecule has 1 aliphatic rings. The summed E-state index contributed by atoms with van der Waals surface area (Å²) in [6, 6.07) is 3.62. The number of fused-ring (bicyclic) bond motifs is 1. The maximum absolute atomic E-state index is 12.7. The van der Waals surface area contributed by atoms with E-state index in [0.29, 0.717) is 17.1 Å². The van der Waals surface area contributed by atoms with Crippen LogP contribution >= 0.6 is 0 Å². The van der Waals surface area contributed by atoms with Gasteiger partial charge in [-0.3, -0.25) is 0 Å². The van der Waals surface area contributed by atoms with Gasteiger partial charge in [0.2, 0.25) is 0 Å². The lowest BCUT2D eigenvalue weighted by Gasteiger charge is -2.19. The van der Waals surface area contributed by atoms with Crippen molar-refractivity contribution in [2.45, 2.75) is 70.5 Å². The molecule has 2 rings (SSSR count). The quantitative estimate of drug-likeness (QED) is 0.820. The van der Waals surface area contributed by atoms with E-state index >= 15 is 0 Å². The third-order valence-electron chi connectivity index (χ3n) is 4.76. The molecule has 0 radical (unpaired) electrons. The zero-order valence-corrected chi connectivity index (χ0v) is 15.5. The molecule has 1 heterocycles. The normalized spacial score (nSPS) is 23.1. The second kappa shape index (κ2) is 9.66. The van der Waals surface area contributed by atoms with Crippen LogP contribution in [0.15, 0.2) is 12.1 Å². The SMILES string of the molecule is COc1cc2c(c(OC)c1)C(=O)O[C@@H](C)CCC[C@H](O)CCCCC2. The molecule has 0 unspecified atom stereocenters. The van der Waals surface area contributed by atoms with Gasteiger partial charge in [-0.1, -0.05) is 12.8 Å². The van der Waals surface area contributed by atoms with Crippen LogP contribution in [0.4, 0.5) is 0 Å². The monoisotopic (exact) mass is 350 g/mol. The Morgan fingerprint density at radius 1 is 1.04 bits per heavy atom. The molecule has 25 heavy (non-hydrogen) atoms. The predicted molar refractivity (Wildman–Crippen MR) is 96.5 cm³/mol. The minimum atomic E-state index is -0.348. The fourth-order valence-electron chi connectivity index (χ4n) is 3.31. The van der Waals surface area contributed by atoms with Crippen molar-refractivity contribution >= 4 is 5.97 Å². The molecule has 1 aromatic rings. The number of aliphatic hydroxyl groups is 1. The Kier molecular flexibility index (Phi) is 7.56. The standard InChI is InChI=1S/C20H30O5/c1-14-8-7-11-16(21)10-6-4-5-9-15-12-17(23-2)13-18(24-3)19(15)20(22)25-14/h12-14,16,21H,4-11H2,1-3H3/t14-,16+/m0/s1. The van der Waals surface area contributed by atoms with Gasteiger partial charge in [0.15, 0.2) is 0 Å². The zero-order chi connectivity index (χ0) is 18.2. The number of aliphatic hydroxyl groups excluding tert-OH is 1. The number of hydrogen-bond acceptors (Lipinski definition) is 5. The van der Waals surface area contributed by atoms with Gasteiger partial charge in [0.25, 0.3) is 0 Å². The third kappa shape index (κ3) is 5.63. The van der Waals surface area contributed by atoms with E-state index in [1.807, 2.05) is 13.0 Å². The van der Waals surface area contributed by atoms with Gasteiger partial charge in [0, 0.05) is 6.07 Å². The average Bonchev–Trinajstić information content (AvgIpc) is 2.59. The van der Waals surface area contributed by atoms with Gasteiger partial charge in [0.05, 0.1) is 26.4 Å². The predicted octanol–water partition coefficient (Wildman–Crippen LogP) is 3.90. The van der Waals surface area contributed by atoms with Gasteiger partial charge in [-0.2, -0.15) is 0 Å². The van der Waals surface area contributed by atoms with Crippen molar-refractivity contribution in [3.8, 4) is 11.5 Å². The summed E-state index contributed by atoms with van der Waals surface area (Å²) in [7, 11) is 3.16. The van der Waals surface area contributed by atoms with Gasteiger partial charge < -0.3 is 19.3 Å². The number of methoxy groups -OCH3 is 2. The van der Waals surface area contributed by atoms with Crippen molar-refractivity contribution in [1.29, 1.82) is 0 Å². The number of rotatable bonds is 2. The summed E-state index contributed by atoms with van der Waals surface area (Å²) in [6.07, 6.45) is 6.46. The van der Waals surface area contributed by atoms with Gasteiger partial charge >= 0.3 is 5.97 Å². The minimum Gasteiger partial charge on any atom is -0.497 e. The van der Waals surface area contributed by atoms with Gasteiger partial charge in [-0.15, -0.1) is 0 Å². The molecular weight excluding hydrogens is 320 g/mol. The first kappa shape index (κ1) is 19.6. The Hall–Kier alpha value is -1.75. The van der Waals surface area contributed by atoms with Crippen LogP contribution in [0.2, 0.25) is 0 Å². The van der Waals surface area contributed by atoms with Crippen LogP contribution in [-0.4, -0.2) is 37.5 Å². The smallest absolute Gasteiger partial charge is 0.342 e. The van der Waals surface area contributed by atoms with Crippen molar-refractivity contribution in [2.24, 2.45) is 0 Å². The van der Waals surface area contributed by atoms with Crippen molar-refractivity contribution in [3.05, 3.63) is 23.3 Å². The highest BCUT2D eigenvalue weighted by Crippen LogP contribution is 2.31. The fourth-order valence-corrected chi connectivity index (χ4v) is 3.31. The Bertz CT molecular complexity index is 569. The van der Waals surface area contributed by atoms with Crippen molar-refractivity contribution in [3.63, 3.8) is 0 Å². The number of carbonyl (C=O) groups is 1. The maximum Gasteiger partial charge on any atom is 0.342 e. The molecule has 0 bridgehead atoms. The zero-order valence-electron chi connectivity index (χ0n) is 15.5. The fraction of sp³-hybridized carbons (Fsp3) is 0.650. The lowest BCUT2D eigenvalue weighted by atomic mass is 9.97. The van der Waals surface area contributed by atoms with Gasteiger partial charge in [-0.25, -0.2) is 4.79 Å². The molecule has 2 atom stereocenters. The van der Waals surface area contributed by atoms with E-state index in [4.69, 9.17) is 14.2 Å². The van der Waals surface area contributed by atoms with Crippen molar-refractivity contribution in [2.75, 3.05) is 14.2 Å². The van der Waals surface area contributed by atoms with Crippen LogP contribution in [0.25, 0.3) is 0 Å². The molecule has 0 saturated carbocycles. The molecule has 0 saturated heterocycles. The second-order valence-corrected chi connectivity index (χ2v) is 6.76. The molecule has 140 valence electrons. The maximum atomic E-state index is 12.7. The average molecular weight is 350 g/mol. The molecule has 1 aliphatic heterocycles. The molecule has 1 aromatic carbocycles. The van der Waals surface area contributed by atoms with Crippen LogP contribution in [0.3, 0.4) is 0 Å². The van der Waals surface area contributed by atoms with Crippen LogP contribution in [0, 0.1) is 0 Å². The Morgan fingerprint density at radius 2 is 1.80 bits per heavy atom. The molecule has 0 aliphatic carbocycles. The highest BCUT2D eigenvalue weighted by atomic mass is 16.5. The summed E-state index contributed by atoms with van der Waals surface area (Å²) in [5.74, 6) is 0.821. The van der Waals surface area contributed by atoms with E-state index in [2.05, 4.69) is 0 Å². The number of carbonyl (C=O) groups excluding carboxylic acids is 1. The highest BCUT2D eigenvalue weighted by molar-refractivity contribution is 5.94. The molecule has 0 aromatic heterocycles. The topological polar surface area (TPSA) is 65.0 Å². The van der Waals surface area contributed by atoms with Crippen LogP contribution < -0.4 is 9.47 Å². The number of cyclic esters (lactones) is 1. The van der Waals surface area contributed by atoms with E-state index in [-0.39, 0.29) is 18.2 Å². The summed E-state index contributed by atoms with van der Waals surface area (Å²) in [5.41, 5.74) is 1.40. The van der Waals surface area contributed by atoms with Gasteiger partial charge in [-0.05, 0) is 57.1 Å². The molecule has 0 fully saturated rings. The van der Waals surface area contributed by atoms with Crippen LogP contribution in [0.5, 0.6) is 11.5 Å². The van der Waals surface area contributed by atoms with Crippen LogP contribution in [0.1, 0.15) is 67.8 Å². The Labute approximate surface area is 150 Å². The van der Waals surface area contributed by atoms with Gasteiger partial charge in [0.1, 0.15) is 17.1 Å². The summed E-state index contributed by atoms with van der Waals surface area (Å²) in [4.78, 5) is 12.7. The molecular formula is C20H30O5. The first-order valence-electron chi connectivity index (χ1n) is 9.19. The Morgan fingerprint density at radius 3 is 2.52 bits per heavy atom. The Balaban J connectivity index is 2.29. The summed E-state index contributed by atoms with van der Waals surface area (Å²) in [6.45, 7) is 1.89. The summed E-state index contributed by atoms with van der Waals surface area (Å²) >= 11 is 0. The van der Waals surface area contributed by atoms with E-state index in [9.17, 15) is 9.90 Å². The number of hydrogen-bond donors (Lipinski definition) is 1. The van der Waals surface area contributed by atoms with E-state index in [1.165, 1.54) is 0 Å². The highest BCUT2D eigenvalue weighted by Gasteiger charge is 2.22. The summed E-state index contributed by atoms with van der Waals surface area (Å²) < 4.78 is 16.4. The summed E-state index contributed by atoms with van der Waals surface area (Å²) in [5, 5.41) is 10.0. The number of benzene rings is 1. The molecule has 0 spiro atoms. The number of esters is 1.